The number of nitrogens with zero attached hydrogens (tertiary/aromatic N) is 1. The molecule has 0 saturated heterocycles. The fraction of sp³-hybridized carbons (Fsp3) is 0.647. The molecule has 19 heavy (non-hydrogen) atoms. The van der Waals surface area contributed by atoms with Crippen molar-refractivity contribution >= 4 is 0 Å². The molecule has 0 spiro atoms. The van der Waals surface area contributed by atoms with Gasteiger partial charge in [-0.3, -0.25) is 0 Å². The van der Waals surface area contributed by atoms with Crippen LogP contribution in [0.4, 0.5) is 0 Å². The molecule has 1 unspecified atom stereocenters. The van der Waals surface area contributed by atoms with Gasteiger partial charge in [0.05, 0.1) is 0 Å². The van der Waals surface area contributed by atoms with Gasteiger partial charge in [-0.1, -0.05) is 43.7 Å². The largest absolute Gasteiger partial charge is 0.310 e. The fourth-order valence-electron chi connectivity index (χ4n) is 2.60. The van der Waals surface area contributed by atoms with Gasteiger partial charge >= 0.3 is 0 Å². The van der Waals surface area contributed by atoms with Gasteiger partial charge in [0.2, 0.25) is 0 Å². The molecule has 1 atom stereocenters. The Hall–Kier alpha value is -0.860. The van der Waals surface area contributed by atoms with E-state index in [4.69, 9.17) is 0 Å². The molecule has 0 aromatic heterocycles. The molecule has 0 radical (unpaired) electrons. The first kappa shape index (κ1) is 16.2. The third-order valence-electron chi connectivity index (χ3n) is 3.74. The summed E-state index contributed by atoms with van der Waals surface area (Å²) in [5.74, 6) is 0. The molecule has 1 rings (SSSR count). The maximum Gasteiger partial charge on any atom is 0.0332 e. The molecule has 0 aliphatic heterocycles. The van der Waals surface area contributed by atoms with Crippen molar-refractivity contribution in [2.75, 3.05) is 19.6 Å². The highest BCUT2D eigenvalue weighted by atomic mass is 15.1. The Bertz CT molecular complexity index is 360. The summed E-state index contributed by atoms with van der Waals surface area (Å²) in [6.45, 7) is 14.4. The summed E-state index contributed by atoms with van der Waals surface area (Å²) in [5.41, 5.74) is 2.76. The van der Waals surface area contributed by atoms with Crippen LogP contribution in [-0.2, 0) is 0 Å². The summed E-state index contributed by atoms with van der Waals surface area (Å²) in [6, 6.07) is 9.97. The van der Waals surface area contributed by atoms with E-state index in [1.54, 1.807) is 0 Å². The lowest BCUT2D eigenvalue weighted by Gasteiger charge is -2.27. The zero-order valence-electron chi connectivity index (χ0n) is 13.2. The Balaban J connectivity index is 2.67. The molecule has 0 fully saturated rings. The number of benzene rings is 1. The van der Waals surface area contributed by atoms with Gasteiger partial charge in [-0.25, -0.2) is 0 Å². The summed E-state index contributed by atoms with van der Waals surface area (Å²) >= 11 is 0. The molecular weight excluding hydrogens is 232 g/mol. The Morgan fingerprint density at radius 2 is 1.95 bits per heavy atom. The van der Waals surface area contributed by atoms with Crippen LogP contribution in [0.2, 0.25) is 0 Å². The summed E-state index contributed by atoms with van der Waals surface area (Å²) in [5, 5.41) is 3.62. The molecule has 0 heterocycles. The molecule has 1 aromatic carbocycles. The number of hydrogen-bond donors (Lipinski definition) is 1. The normalized spacial score (nSPS) is 13.2. The van der Waals surface area contributed by atoms with Gasteiger partial charge in [0.15, 0.2) is 0 Å². The van der Waals surface area contributed by atoms with Crippen LogP contribution in [0.3, 0.4) is 0 Å². The minimum atomic E-state index is 0.470. The standard InChI is InChI=1S/C17H30N2/c1-6-18-17(11-12-19(7-2)14(3)4)16-10-8-9-15(5)13-16/h8-10,13-14,17-18H,6-7,11-12H2,1-5H3. The molecule has 108 valence electrons. The third kappa shape index (κ3) is 5.33. The van der Waals surface area contributed by atoms with E-state index in [1.165, 1.54) is 17.5 Å². The zero-order valence-corrected chi connectivity index (χ0v) is 13.2. The second-order valence-corrected chi connectivity index (χ2v) is 5.54. The van der Waals surface area contributed by atoms with Gasteiger partial charge in [-0.05, 0) is 45.8 Å². The van der Waals surface area contributed by atoms with Crippen molar-refractivity contribution in [1.82, 2.24) is 10.2 Å². The van der Waals surface area contributed by atoms with Crippen LogP contribution < -0.4 is 5.32 Å². The van der Waals surface area contributed by atoms with Crippen molar-refractivity contribution in [3.05, 3.63) is 35.4 Å². The van der Waals surface area contributed by atoms with Crippen molar-refractivity contribution in [2.24, 2.45) is 0 Å². The first-order valence-electron chi connectivity index (χ1n) is 7.62. The maximum atomic E-state index is 3.62. The molecule has 0 aliphatic rings. The molecule has 2 nitrogen and oxygen atoms in total. The van der Waals surface area contributed by atoms with E-state index in [2.05, 4.69) is 69.1 Å². The van der Waals surface area contributed by atoms with Gasteiger partial charge in [0.25, 0.3) is 0 Å². The highest BCUT2D eigenvalue weighted by Gasteiger charge is 2.13. The van der Waals surface area contributed by atoms with E-state index in [1.807, 2.05) is 0 Å². The van der Waals surface area contributed by atoms with Crippen molar-refractivity contribution < 1.29 is 0 Å². The molecular formula is C17H30N2. The molecule has 1 N–H and O–H groups in total. The van der Waals surface area contributed by atoms with Crippen LogP contribution in [0.15, 0.2) is 24.3 Å². The Kier molecular flexibility index (Phi) is 7.11. The SMILES string of the molecule is CCNC(CCN(CC)C(C)C)c1cccc(C)c1. The fourth-order valence-corrected chi connectivity index (χ4v) is 2.60. The van der Waals surface area contributed by atoms with E-state index in [0.717, 1.165) is 19.6 Å². The van der Waals surface area contributed by atoms with Crippen molar-refractivity contribution in [1.29, 1.82) is 0 Å². The maximum absolute atomic E-state index is 3.62. The third-order valence-corrected chi connectivity index (χ3v) is 3.74. The van der Waals surface area contributed by atoms with Crippen LogP contribution >= 0.6 is 0 Å². The Morgan fingerprint density at radius 1 is 1.21 bits per heavy atom. The smallest absolute Gasteiger partial charge is 0.0332 e. The van der Waals surface area contributed by atoms with Crippen LogP contribution in [0, 0.1) is 6.92 Å². The molecule has 0 aliphatic carbocycles. The highest BCUT2D eigenvalue weighted by molar-refractivity contribution is 5.25. The summed E-state index contributed by atoms with van der Waals surface area (Å²) in [4.78, 5) is 2.53. The van der Waals surface area contributed by atoms with Gasteiger partial charge in [-0.15, -0.1) is 0 Å². The monoisotopic (exact) mass is 262 g/mol. The minimum absolute atomic E-state index is 0.470. The van der Waals surface area contributed by atoms with E-state index in [-0.39, 0.29) is 0 Å². The zero-order chi connectivity index (χ0) is 14.3. The van der Waals surface area contributed by atoms with Crippen LogP contribution in [-0.4, -0.2) is 30.6 Å². The molecule has 2 heteroatoms. The lowest BCUT2D eigenvalue weighted by atomic mass is 10.0. The van der Waals surface area contributed by atoms with Crippen molar-refractivity contribution in [3.63, 3.8) is 0 Å². The van der Waals surface area contributed by atoms with Crippen molar-refractivity contribution in [2.45, 2.75) is 53.1 Å². The average molecular weight is 262 g/mol. The summed E-state index contributed by atoms with van der Waals surface area (Å²) < 4.78 is 0. The van der Waals surface area contributed by atoms with Gasteiger partial charge in [0, 0.05) is 18.6 Å². The number of nitrogens with one attached hydrogen (secondary N) is 1. The summed E-state index contributed by atoms with van der Waals surface area (Å²) in [7, 11) is 0. The van der Waals surface area contributed by atoms with Crippen molar-refractivity contribution in [3.8, 4) is 0 Å². The lowest BCUT2D eigenvalue weighted by molar-refractivity contribution is 0.220. The quantitative estimate of drug-likeness (QED) is 0.767. The minimum Gasteiger partial charge on any atom is -0.310 e. The molecule has 0 amide bonds. The molecule has 0 bridgehead atoms. The average Bonchev–Trinajstić information content (AvgIpc) is 2.37. The first-order valence-corrected chi connectivity index (χ1v) is 7.62. The van der Waals surface area contributed by atoms with E-state index in [0.29, 0.717) is 12.1 Å². The van der Waals surface area contributed by atoms with Gasteiger partial charge < -0.3 is 10.2 Å². The van der Waals surface area contributed by atoms with Gasteiger partial charge in [0.1, 0.15) is 0 Å². The van der Waals surface area contributed by atoms with Gasteiger partial charge in [-0.2, -0.15) is 0 Å². The molecule has 1 aromatic rings. The summed E-state index contributed by atoms with van der Waals surface area (Å²) in [6.07, 6.45) is 1.17. The predicted octanol–water partition coefficient (Wildman–Crippen LogP) is 3.77. The van der Waals surface area contributed by atoms with Crippen LogP contribution in [0.1, 0.15) is 51.3 Å². The lowest BCUT2D eigenvalue weighted by Crippen LogP contribution is -2.34. The van der Waals surface area contributed by atoms with E-state index >= 15 is 0 Å². The van der Waals surface area contributed by atoms with E-state index < -0.39 is 0 Å². The Labute approximate surface area is 119 Å². The van der Waals surface area contributed by atoms with Crippen LogP contribution in [0.5, 0.6) is 0 Å². The Morgan fingerprint density at radius 3 is 2.47 bits per heavy atom. The second kappa shape index (κ2) is 8.34. The predicted molar refractivity (Wildman–Crippen MR) is 84.6 cm³/mol. The molecule has 0 saturated carbocycles. The number of rotatable bonds is 8. The van der Waals surface area contributed by atoms with Crippen LogP contribution in [0.25, 0.3) is 0 Å². The highest BCUT2D eigenvalue weighted by Crippen LogP contribution is 2.19. The number of hydrogen-bond acceptors (Lipinski definition) is 2. The second-order valence-electron chi connectivity index (χ2n) is 5.54. The topological polar surface area (TPSA) is 15.3 Å². The van der Waals surface area contributed by atoms with E-state index in [9.17, 15) is 0 Å². The number of aryl methyl sites for hydroxylation is 1. The first-order chi connectivity index (χ1) is 9.08.